The quantitative estimate of drug-likeness (QED) is 0.837. The van der Waals surface area contributed by atoms with Crippen molar-refractivity contribution < 1.29 is 9.47 Å². The minimum absolute atomic E-state index is 0.592. The molecule has 1 aromatic heterocycles. The monoisotopic (exact) mass is 304 g/mol. The zero-order chi connectivity index (χ0) is 15.2. The van der Waals surface area contributed by atoms with Crippen molar-refractivity contribution in [2.75, 3.05) is 40.0 Å². The topological polar surface area (TPSA) is 34.6 Å². The van der Waals surface area contributed by atoms with Crippen molar-refractivity contribution in [3.63, 3.8) is 0 Å². The van der Waals surface area contributed by atoms with Crippen molar-refractivity contribution in [3.05, 3.63) is 23.9 Å². The molecule has 0 unspecified atom stereocenters. The highest BCUT2D eigenvalue weighted by molar-refractivity contribution is 5.19. The molecule has 0 saturated carbocycles. The van der Waals surface area contributed by atoms with E-state index < -0.39 is 0 Å². The summed E-state index contributed by atoms with van der Waals surface area (Å²) in [5, 5.41) is 0. The number of likely N-dealkylation sites (tertiary alicyclic amines) is 1. The number of ether oxygens (including phenoxy) is 2. The van der Waals surface area contributed by atoms with E-state index in [0.29, 0.717) is 5.92 Å². The van der Waals surface area contributed by atoms with Crippen molar-refractivity contribution >= 4 is 0 Å². The molecule has 0 radical (unpaired) electrons. The summed E-state index contributed by atoms with van der Waals surface area (Å²) in [4.78, 5) is 7.24. The van der Waals surface area contributed by atoms with Gasteiger partial charge in [-0.15, -0.1) is 0 Å². The third-order valence-electron chi connectivity index (χ3n) is 5.15. The van der Waals surface area contributed by atoms with Gasteiger partial charge in [0.15, 0.2) is 0 Å². The Bertz CT molecular complexity index is 452. The Balaban J connectivity index is 1.43. The maximum absolute atomic E-state index is 5.44. The molecule has 2 fully saturated rings. The number of rotatable bonds is 5. The molecule has 1 aromatic rings. The van der Waals surface area contributed by atoms with Gasteiger partial charge >= 0.3 is 0 Å². The largest absolute Gasteiger partial charge is 0.481 e. The van der Waals surface area contributed by atoms with Crippen molar-refractivity contribution in [2.45, 2.75) is 38.0 Å². The minimum Gasteiger partial charge on any atom is -0.481 e. The maximum atomic E-state index is 5.44. The molecule has 0 bridgehead atoms. The standard InChI is InChI=1S/C18H28N2O2/c1-21-18-4-2-3-17(19-18)16-6-11-20(12-7-16)10-5-15-8-13-22-14-9-15/h2-4,15-16H,5-14H2,1H3. The van der Waals surface area contributed by atoms with E-state index in [9.17, 15) is 0 Å². The van der Waals surface area contributed by atoms with Gasteiger partial charge in [0, 0.05) is 30.9 Å². The first kappa shape index (κ1) is 15.8. The van der Waals surface area contributed by atoms with Crippen LogP contribution in [0.25, 0.3) is 0 Å². The molecule has 3 heterocycles. The van der Waals surface area contributed by atoms with Crippen LogP contribution < -0.4 is 4.74 Å². The molecule has 0 amide bonds. The normalized spacial score (nSPS) is 21.9. The van der Waals surface area contributed by atoms with Crippen LogP contribution in [0.3, 0.4) is 0 Å². The fourth-order valence-electron chi connectivity index (χ4n) is 3.62. The average Bonchev–Trinajstić information content (AvgIpc) is 2.61. The van der Waals surface area contributed by atoms with Gasteiger partial charge in [-0.3, -0.25) is 0 Å². The number of nitrogens with zero attached hydrogens (tertiary/aromatic N) is 2. The molecular weight excluding hydrogens is 276 g/mol. The van der Waals surface area contributed by atoms with Crippen LogP contribution >= 0.6 is 0 Å². The van der Waals surface area contributed by atoms with Crippen LogP contribution in [0.4, 0.5) is 0 Å². The third-order valence-corrected chi connectivity index (χ3v) is 5.15. The molecule has 0 atom stereocenters. The van der Waals surface area contributed by atoms with Gasteiger partial charge in [-0.25, -0.2) is 4.98 Å². The Morgan fingerprint density at radius 1 is 1.18 bits per heavy atom. The lowest BCUT2D eigenvalue weighted by atomic mass is 9.92. The number of methoxy groups -OCH3 is 1. The molecule has 2 aliphatic heterocycles. The maximum Gasteiger partial charge on any atom is 0.213 e. The number of hydrogen-bond donors (Lipinski definition) is 0. The smallest absolute Gasteiger partial charge is 0.213 e. The van der Waals surface area contributed by atoms with Gasteiger partial charge in [-0.2, -0.15) is 0 Å². The molecule has 2 aliphatic rings. The Morgan fingerprint density at radius 3 is 2.68 bits per heavy atom. The molecule has 0 N–H and O–H groups in total. The SMILES string of the molecule is COc1cccc(C2CCN(CCC3CCOCC3)CC2)n1. The summed E-state index contributed by atoms with van der Waals surface area (Å²) in [5.41, 5.74) is 1.20. The van der Waals surface area contributed by atoms with E-state index in [4.69, 9.17) is 9.47 Å². The van der Waals surface area contributed by atoms with Crippen LogP contribution in [0.15, 0.2) is 18.2 Å². The molecule has 0 aromatic carbocycles. The molecule has 22 heavy (non-hydrogen) atoms. The lowest BCUT2D eigenvalue weighted by molar-refractivity contribution is 0.0588. The first-order chi connectivity index (χ1) is 10.8. The van der Waals surface area contributed by atoms with Crippen molar-refractivity contribution in [1.29, 1.82) is 0 Å². The summed E-state index contributed by atoms with van der Waals surface area (Å²) in [7, 11) is 1.69. The average molecular weight is 304 g/mol. The summed E-state index contributed by atoms with van der Waals surface area (Å²) >= 11 is 0. The lowest BCUT2D eigenvalue weighted by Crippen LogP contribution is -2.35. The Labute approximate surface area is 133 Å². The molecule has 4 heteroatoms. The van der Waals surface area contributed by atoms with E-state index >= 15 is 0 Å². The van der Waals surface area contributed by atoms with Crippen LogP contribution in [0.5, 0.6) is 5.88 Å². The lowest BCUT2D eigenvalue weighted by Gasteiger charge is -2.33. The molecule has 122 valence electrons. The summed E-state index contributed by atoms with van der Waals surface area (Å²) in [6, 6.07) is 6.12. The summed E-state index contributed by atoms with van der Waals surface area (Å²) in [5.74, 6) is 2.21. The second kappa shape index (κ2) is 7.93. The van der Waals surface area contributed by atoms with Crippen LogP contribution in [0.1, 0.15) is 43.7 Å². The Morgan fingerprint density at radius 2 is 1.95 bits per heavy atom. The Hall–Kier alpha value is -1.13. The van der Waals surface area contributed by atoms with Crippen molar-refractivity contribution in [1.82, 2.24) is 9.88 Å². The zero-order valence-electron chi connectivity index (χ0n) is 13.7. The van der Waals surface area contributed by atoms with Gasteiger partial charge in [0.2, 0.25) is 5.88 Å². The predicted molar refractivity (Wildman–Crippen MR) is 87.4 cm³/mol. The summed E-state index contributed by atoms with van der Waals surface area (Å²) in [6.07, 6.45) is 6.28. The number of piperidine rings is 1. The second-order valence-electron chi connectivity index (χ2n) is 6.57. The fraction of sp³-hybridized carbons (Fsp3) is 0.722. The highest BCUT2D eigenvalue weighted by Gasteiger charge is 2.23. The predicted octanol–water partition coefficient (Wildman–Crippen LogP) is 3.09. The van der Waals surface area contributed by atoms with Crippen molar-refractivity contribution in [3.8, 4) is 5.88 Å². The zero-order valence-corrected chi connectivity index (χ0v) is 13.7. The molecule has 0 spiro atoms. The molecule has 2 saturated heterocycles. The molecular formula is C18H28N2O2. The molecule has 3 rings (SSSR count). The highest BCUT2D eigenvalue weighted by Crippen LogP contribution is 2.28. The Kier molecular flexibility index (Phi) is 5.68. The second-order valence-corrected chi connectivity index (χ2v) is 6.57. The van der Waals surface area contributed by atoms with Crippen molar-refractivity contribution in [2.24, 2.45) is 5.92 Å². The first-order valence-corrected chi connectivity index (χ1v) is 8.66. The van der Waals surface area contributed by atoms with E-state index in [2.05, 4.69) is 22.0 Å². The third kappa shape index (κ3) is 4.20. The number of hydrogen-bond acceptors (Lipinski definition) is 4. The van der Waals surface area contributed by atoms with Gasteiger partial charge in [-0.05, 0) is 63.7 Å². The van der Waals surface area contributed by atoms with E-state index in [1.54, 1.807) is 7.11 Å². The van der Waals surface area contributed by atoms with Crippen LogP contribution in [-0.4, -0.2) is 49.8 Å². The van der Waals surface area contributed by atoms with E-state index in [1.165, 1.54) is 57.4 Å². The van der Waals surface area contributed by atoms with E-state index in [-0.39, 0.29) is 0 Å². The van der Waals surface area contributed by atoms with E-state index in [1.807, 2.05) is 6.07 Å². The van der Waals surface area contributed by atoms with Crippen LogP contribution in [0, 0.1) is 5.92 Å². The van der Waals surface area contributed by atoms with Gasteiger partial charge in [0.1, 0.15) is 0 Å². The van der Waals surface area contributed by atoms with Gasteiger partial charge < -0.3 is 14.4 Å². The fourth-order valence-corrected chi connectivity index (χ4v) is 3.62. The van der Waals surface area contributed by atoms with Crippen LogP contribution in [-0.2, 0) is 4.74 Å². The molecule has 0 aliphatic carbocycles. The number of aromatic nitrogens is 1. The van der Waals surface area contributed by atoms with Gasteiger partial charge in [0.05, 0.1) is 7.11 Å². The molecule has 4 nitrogen and oxygen atoms in total. The minimum atomic E-state index is 0.592. The summed E-state index contributed by atoms with van der Waals surface area (Å²) < 4.78 is 10.7. The van der Waals surface area contributed by atoms with Gasteiger partial charge in [-0.1, -0.05) is 6.07 Å². The summed E-state index contributed by atoms with van der Waals surface area (Å²) in [6.45, 7) is 5.59. The first-order valence-electron chi connectivity index (χ1n) is 8.66. The number of pyridine rings is 1. The highest BCUT2D eigenvalue weighted by atomic mass is 16.5. The van der Waals surface area contributed by atoms with Gasteiger partial charge in [0.25, 0.3) is 0 Å². The van der Waals surface area contributed by atoms with E-state index in [0.717, 1.165) is 25.0 Å². The van der Waals surface area contributed by atoms with Crippen LogP contribution in [0.2, 0.25) is 0 Å².